The van der Waals surface area contributed by atoms with Gasteiger partial charge in [-0.25, -0.2) is 0 Å². The van der Waals surface area contributed by atoms with Crippen molar-refractivity contribution in [1.29, 1.82) is 0 Å². The predicted molar refractivity (Wildman–Crippen MR) is 334 cm³/mol. The van der Waals surface area contributed by atoms with Crippen LogP contribution in [0.1, 0.15) is 105 Å². The zero-order valence-corrected chi connectivity index (χ0v) is 47.3. The lowest BCUT2D eigenvalue weighted by molar-refractivity contribution is 0.590. The van der Waals surface area contributed by atoms with Crippen molar-refractivity contribution < 1.29 is 8.83 Å². The quantitative estimate of drug-likeness (QED) is 0.152. The number of hydrogen-bond acceptors (Lipinski definition) is 4. The van der Waals surface area contributed by atoms with E-state index < -0.39 is 0 Å². The summed E-state index contributed by atoms with van der Waals surface area (Å²) in [6.07, 6.45) is 0. The molecule has 2 aromatic heterocycles. The molecule has 0 bridgehead atoms. The van der Waals surface area contributed by atoms with E-state index in [2.05, 4.69) is 299 Å². The standard InChI is InChI=1S/C74H70N2O2/c1-71(2,3)53-23-31-57(32-24-53)75(58-33-25-54(26-34-58)72(4,5)6)63-41-50(47-19-15-13-16-20-47)45-67-69(63)61-39-49-40-62-66(44-52(49)43-65(61)77-67)78-68-46-51(48-21-17-14-18-22-48)42-64(70(62)68)76(59-35-27-55(28-36-59)73(7,8)9)60-37-29-56(30-38-60)74(10,11)12/h13-46H,1-12H3. The number of benzene rings is 10. The molecule has 0 amide bonds. The Kier molecular flexibility index (Phi) is 12.1. The van der Waals surface area contributed by atoms with E-state index in [-0.39, 0.29) is 21.7 Å². The molecule has 0 saturated heterocycles. The number of hydrogen-bond donors (Lipinski definition) is 0. The van der Waals surface area contributed by atoms with Gasteiger partial charge in [-0.1, -0.05) is 192 Å². The monoisotopic (exact) mass is 1020 g/mol. The van der Waals surface area contributed by atoms with Crippen molar-refractivity contribution in [2.24, 2.45) is 0 Å². The first kappa shape index (κ1) is 50.5. The van der Waals surface area contributed by atoms with Crippen molar-refractivity contribution >= 4 is 88.8 Å². The van der Waals surface area contributed by atoms with Gasteiger partial charge in [0, 0.05) is 33.5 Å². The molecule has 0 spiro atoms. The topological polar surface area (TPSA) is 32.8 Å². The SMILES string of the molecule is CC(C)(C)c1ccc(N(c2ccc(C(C)(C)C)cc2)c2cc(-c3ccccc3)cc3oc4cc5cc6oc7cc(-c8ccccc8)cc(N(c8ccc(C(C)(C)C)cc8)c8ccc(C(C)(C)C)cc8)c7c6cc5cc4c23)cc1. The summed E-state index contributed by atoms with van der Waals surface area (Å²) in [5.74, 6) is 0. The van der Waals surface area contributed by atoms with Gasteiger partial charge < -0.3 is 18.6 Å². The van der Waals surface area contributed by atoms with Crippen LogP contribution in [0.15, 0.2) is 215 Å². The minimum atomic E-state index is 0.00436. The number of nitrogens with zero attached hydrogens (tertiary/aromatic N) is 2. The molecule has 0 radical (unpaired) electrons. The summed E-state index contributed by atoms with van der Waals surface area (Å²) in [4.78, 5) is 4.85. The van der Waals surface area contributed by atoms with Crippen LogP contribution >= 0.6 is 0 Å². The van der Waals surface area contributed by atoms with Crippen LogP contribution in [0.25, 0.3) is 76.9 Å². The second kappa shape index (κ2) is 18.7. The summed E-state index contributed by atoms with van der Waals surface area (Å²) in [5, 5.41) is 6.35. The lowest BCUT2D eigenvalue weighted by atomic mass is 9.86. The van der Waals surface area contributed by atoms with Crippen molar-refractivity contribution in [3.8, 4) is 22.3 Å². The van der Waals surface area contributed by atoms with Crippen LogP contribution in [0.2, 0.25) is 0 Å². The van der Waals surface area contributed by atoms with E-state index in [9.17, 15) is 0 Å². The van der Waals surface area contributed by atoms with Gasteiger partial charge in [0.1, 0.15) is 22.3 Å². The first-order valence-electron chi connectivity index (χ1n) is 27.6. The van der Waals surface area contributed by atoms with Crippen LogP contribution in [0.3, 0.4) is 0 Å². The van der Waals surface area contributed by atoms with Gasteiger partial charge in [0.2, 0.25) is 0 Å². The molecular formula is C74H70N2O2. The third-order valence-electron chi connectivity index (χ3n) is 15.8. The Labute approximate surface area is 460 Å². The fourth-order valence-electron chi connectivity index (χ4n) is 11.3. The number of anilines is 6. The van der Waals surface area contributed by atoms with Crippen LogP contribution in [-0.2, 0) is 21.7 Å². The first-order valence-corrected chi connectivity index (χ1v) is 27.6. The van der Waals surface area contributed by atoms with Gasteiger partial charge in [0.05, 0.1) is 22.1 Å². The molecule has 4 heteroatoms. The molecule has 4 nitrogen and oxygen atoms in total. The molecule has 0 atom stereocenters. The van der Waals surface area contributed by atoms with Gasteiger partial charge in [0.15, 0.2) is 0 Å². The van der Waals surface area contributed by atoms with Gasteiger partial charge in [-0.3, -0.25) is 0 Å². The maximum absolute atomic E-state index is 7.09. The van der Waals surface area contributed by atoms with Crippen LogP contribution in [-0.4, -0.2) is 0 Å². The zero-order valence-electron chi connectivity index (χ0n) is 47.3. The van der Waals surface area contributed by atoms with E-state index in [1.54, 1.807) is 0 Å². The Bertz CT molecular complexity index is 3790. The lowest BCUT2D eigenvalue weighted by Crippen LogP contribution is -2.14. The molecule has 78 heavy (non-hydrogen) atoms. The summed E-state index contributed by atoms with van der Waals surface area (Å²) in [6, 6.07) is 76.0. The fourth-order valence-corrected chi connectivity index (χ4v) is 11.3. The molecule has 10 aromatic carbocycles. The third-order valence-corrected chi connectivity index (χ3v) is 15.8. The van der Waals surface area contributed by atoms with Crippen molar-refractivity contribution in [3.63, 3.8) is 0 Å². The summed E-state index contributed by atoms with van der Waals surface area (Å²) in [5.41, 5.74) is 19.3. The van der Waals surface area contributed by atoms with Gasteiger partial charge in [0.25, 0.3) is 0 Å². The molecule has 388 valence electrons. The van der Waals surface area contributed by atoms with E-state index in [0.717, 1.165) is 111 Å². The van der Waals surface area contributed by atoms with Gasteiger partial charge in [-0.15, -0.1) is 0 Å². The molecule has 0 saturated carbocycles. The van der Waals surface area contributed by atoms with Crippen molar-refractivity contribution in [2.45, 2.75) is 105 Å². The molecule has 12 aromatic rings. The van der Waals surface area contributed by atoms with E-state index in [4.69, 9.17) is 8.83 Å². The van der Waals surface area contributed by atoms with Gasteiger partial charge in [-0.2, -0.15) is 0 Å². The van der Waals surface area contributed by atoms with E-state index in [0.29, 0.717) is 0 Å². The summed E-state index contributed by atoms with van der Waals surface area (Å²) in [6.45, 7) is 27.3. The highest BCUT2D eigenvalue weighted by molar-refractivity contribution is 6.21. The molecular weight excluding hydrogens is 949 g/mol. The molecule has 0 fully saturated rings. The molecule has 0 aliphatic carbocycles. The second-order valence-corrected chi connectivity index (χ2v) is 25.6. The Morgan fingerprint density at radius 3 is 0.833 bits per heavy atom. The average Bonchev–Trinajstić information content (AvgIpc) is 4.19. The third kappa shape index (κ3) is 9.31. The minimum absolute atomic E-state index is 0.00436. The highest BCUT2D eigenvalue weighted by atomic mass is 16.3. The van der Waals surface area contributed by atoms with Crippen LogP contribution in [0, 0.1) is 0 Å². The Morgan fingerprint density at radius 2 is 0.551 bits per heavy atom. The Morgan fingerprint density at radius 1 is 0.269 bits per heavy atom. The van der Waals surface area contributed by atoms with Crippen molar-refractivity contribution in [3.05, 3.63) is 229 Å². The molecule has 0 N–H and O–H groups in total. The summed E-state index contributed by atoms with van der Waals surface area (Å²) >= 11 is 0. The zero-order chi connectivity index (χ0) is 54.5. The Balaban J connectivity index is 1.12. The minimum Gasteiger partial charge on any atom is -0.456 e. The number of rotatable bonds is 8. The second-order valence-electron chi connectivity index (χ2n) is 25.6. The Hall–Kier alpha value is -8.34. The van der Waals surface area contributed by atoms with E-state index >= 15 is 0 Å². The molecule has 0 aliphatic heterocycles. The maximum Gasteiger partial charge on any atom is 0.138 e. The largest absolute Gasteiger partial charge is 0.456 e. The van der Waals surface area contributed by atoms with Crippen LogP contribution in [0.5, 0.6) is 0 Å². The predicted octanol–water partition coefficient (Wildman–Crippen LogP) is 22.1. The first-order chi connectivity index (χ1) is 37.2. The van der Waals surface area contributed by atoms with Crippen LogP contribution in [0.4, 0.5) is 34.1 Å². The number of fused-ring (bicyclic) bond motifs is 7. The smallest absolute Gasteiger partial charge is 0.138 e. The van der Waals surface area contributed by atoms with Gasteiger partial charge >= 0.3 is 0 Å². The molecule has 0 aliphatic rings. The number of furan rings is 2. The normalized spacial score (nSPS) is 12.6. The molecule has 0 unspecified atom stereocenters. The lowest BCUT2D eigenvalue weighted by Gasteiger charge is -2.29. The van der Waals surface area contributed by atoms with Crippen molar-refractivity contribution in [2.75, 3.05) is 9.80 Å². The maximum atomic E-state index is 7.09. The fraction of sp³-hybridized carbons (Fsp3) is 0.216. The highest BCUT2D eigenvalue weighted by Crippen LogP contribution is 2.50. The van der Waals surface area contributed by atoms with Crippen molar-refractivity contribution in [1.82, 2.24) is 0 Å². The molecule has 12 rings (SSSR count). The van der Waals surface area contributed by atoms with E-state index in [1.165, 1.54) is 22.3 Å². The van der Waals surface area contributed by atoms with Crippen LogP contribution < -0.4 is 9.80 Å². The van der Waals surface area contributed by atoms with E-state index in [1.807, 2.05) is 0 Å². The average molecular weight is 1020 g/mol. The summed E-state index contributed by atoms with van der Waals surface area (Å²) < 4.78 is 14.2. The van der Waals surface area contributed by atoms with Gasteiger partial charge in [-0.05, 0) is 174 Å². The highest BCUT2D eigenvalue weighted by Gasteiger charge is 2.27. The molecule has 2 heterocycles. The summed E-state index contributed by atoms with van der Waals surface area (Å²) in [7, 11) is 0.